The van der Waals surface area contributed by atoms with Gasteiger partial charge in [-0.2, -0.15) is 0 Å². The number of rotatable bonds is 5. The number of aromatic hydroxyl groups is 1. The summed E-state index contributed by atoms with van der Waals surface area (Å²) in [5.41, 5.74) is -0.594. The van der Waals surface area contributed by atoms with Crippen LogP contribution in [0.15, 0.2) is 16.9 Å². The van der Waals surface area contributed by atoms with Gasteiger partial charge in [0.15, 0.2) is 17.1 Å². The third-order valence-electron chi connectivity index (χ3n) is 8.31. The Balaban J connectivity index is 2.00. The van der Waals surface area contributed by atoms with Gasteiger partial charge in [0.1, 0.15) is 22.9 Å². The number of carbonyl (C=O) groups is 4. The van der Waals surface area contributed by atoms with Crippen molar-refractivity contribution in [3.8, 4) is 5.75 Å². The Kier molecular flexibility index (Phi) is 7.54. The number of anilines is 1. The number of amides is 2. The van der Waals surface area contributed by atoms with Crippen LogP contribution >= 0.6 is 0 Å². The lowest BCUT2D eigenvalue weighted by atomic mass is 9.57. The fraction of sp³-hybridized carbons (Fsp3) is 0.517. The van der Waals surface area contributed by atoms with E-state index in [2.05, 4.69) is 5.32 Å². The lowest BCUT2D eigenvalue weighted by Crippen LogP contribution is -2.65. The van der Waals surface area contributed by atoms with Crippen molar-refractivity contribution in [2.24, 2.45) is 23.0 Å². The number of nitrogens with zero attached hydrogens (tertiary/aromatic N) is 2. The highest BCUT2D eigenvalue weighted by atomic mass is 19.1. The molecule has 2 amide bonds. The van der Waals surface area contributed by atoms with E-state index in [1.165, 1.54) is 19.0 Å². The third kappa shape index (κ3) is 4.46. The Labute approximate surface area is 242 Å². The van der Waals surface area contributed by atoms with Crippen molar-refractivity contribution in [3.05, 3.63) is 39.4 Å². The summed E-state index contributed by atoms with van der Waals surface area (Å²) in [4.78, 5) is 55.2. The number of aliphatic hydroxyl groups is 3. The topological polar surface area (TPSA) is 194 Å². The van der Waals surface area contributed by atoms with Gasteiger partial charge in [0.05, 0.1) is 17.3 Å². The number of nitrogens with two attached hydrogens (primary N) is 1. The molecule has 0 spiro atoms. The lowest BCUT2D eigenvalue weighted by Gasteiger charge is -2.50. The summed E-state index contributed by atoms with van der Waals surface area (Å²) in [6.45, 7) is 4.84. The SMILES string of the molecule is CN(C)Cc1c(F)c2c(c(O)c1NC(=O)C(C)(C)C)C(O)=C1C(=O)[C@]3(O)C(O)=C(C(N)=O)C(=O)[C@@H](N(C)C)[C@@H]3C[C@@H]1C2. The summed E-state index contributed by atoms with van der Waals surface area (Å²) in [7, 11) is 6.32. The average molecular weight is 589 g/mol. The van der Waals surface area contributed by atoms with E-state index >= 15 is 4.39 Å². The molecule has 1 saturated carbocycles. The highest BCUT2D eigenvalue weighted by molar-refractivity contribution is 6.24. The van der Waals surface area contributed by atoms with Crippen LogP contribution in [-0.2, 0) is 32.1 Å². The minimum absolute atomic E-state index is 0.0263. The fourth-order valence-corrected chi connectivity index (χ4v) is 6.29. The second-order valence-electron chi connectivity index (χ2n) is 12.8. The number of ketones is 2. The average Bonchev–Trinajstić information content (AvgIpc) is 2.85. The van der Waals surface area contributed by atoms with Gasteiger partial charge in [-0.25, -0.2) is 4.39 Å². The first kappa shape index (κ1) is 31.1. The van der Waals surface area contributed by atoms with Gasteiger partial charge in [-0.05, 0) is 47.0 Å². The van der Waals surface area contributed by atoms with Crippen LogP contribution in [0.25, 0.3) is 5.76 Å². The molecule has 7 N–H and O–H groups in total. The zero-order valence-electron chi connectivity index (χ0n) is 24.6. The molecule has 4 atom stereocenters. The molecule has 228 valence electrons. The van der Waals surface area contributed by atoms with Crippen molar-refractivity contribution in [1.82, 2.24) is 9.80 Å². The van der Waals surface area contributed by atoms with Gasteiger partial charge >= 0.3 is 0 Å². The van der Waals surface area contributed by atoms with Crippen LogP contribution in [0.1, 0.15) is 43.9 Å². The van der Waals surface area contributed by atoms with Crippen LogP contribution in [0, 0.1) is 23.1 Å². The number of likely N-dealkylation sites (N-methyl/N-ethyl adjacent to an activating group) is 1. The Hall–Kier alpha value is -3.81. The molecule has 0 aromatic heterocycles. The smallest absolute Gasteiger partial charge is 0.255 e. The van der Waals surface area contributed by atoms with Gasteiger partial charge in [0.25, 0.3) is 5.91 Å². The number of benzene rings is 1. The zero-order chi connectivity index (χ0) is 31.8. The van der Waals surface area contributed by atoms with Crippen molar-refractivity contribution in [3.63, 3.8) is 0 Å². The molecule has 42 heavy (non-hydrogen) atoms. The van der Waals surface area contributed by atoms with Crippen LogP contribution < -0.4 is 11.1 Å². The van der Waals surface area contributed by atoms with Crippen LogP contribution in [0.2, 0.25) is 0 Å². The second-order valence-corrected chi connectivity index (χ2v) is 12.8. The molecule has 0 unspecified atom stereocenters. The first-order valence-electron chi connectivity index (χ1n) is 13.4. The van der Waals surface area contributed by atoms with Crippen molar-refractivity contribution >= 4 is 34.8 Å². The van der Waals surface area contributed by atoms with Crippen molar-refractivity contribution in [1.29, 1.82) is 0 Å². The molecule has 3 aliphatic rings. The number of nitrogens with one attached hydrogen (secondary N) is 1. The summed E-state index contributed by atoms with van der Waals surface area (Å²) in [6.07, 6.45) is -0.376. The molecule has 4 rings (SSSR count). The molecule has 3 aliphatic carbocycles. The number of carbonyl (C=O) groups excluding carboxylic acids is 4. The first-order chi connectivity index (χ1) is 19.3. The predicted octanol–water partition coefficient (Wildman–Crippen LogP) is 1.15. The Bertz CT molecular complexity index is 1490. The molecule has 0 radical (unpaired) electrons. The Morgan fingerprint density at radius 2 is 1.71 bits per heavy atom. The van der Waals surface area contributed by atoms with E-state index < -0.39 is 92.1 Å². The van der Waals surface area contributed by atoms with Gasteiger partial charge < -0.3 is 36.4 Å². The lowest BCUT2D eigenvalue weighted by molar-refractivity contribution is -0.153. The second kappa shape index (κ2) is 10.2. The number of hydrogen-bond acceptors (Lipinski definition) is 10. The monoisotopic (exact) mass is 588 g/mol. The molecule has 1 aromatic rings. The summed E-state index contributed by atoms with van der Waals surface area (Å²) < 4.78 is 16.3. The van der Waals surface area contributed by atoms with E-state index in [0.717, 1.165) is 0 Å². The highest BCUT2D eigenvalue weighted by Crippen LogP contribution is 2.54. The molecule has 12 nitrogen and oxygen atoms in total. The first-order valence-corrected chi connectivity index (χ1v) is 13.4. The molecule has 0 aliphatic heterocycles. The number of phenolic OH excluding ortho intramolecular Hbond substituents is 1. The van der Waals surface area contributed by atoms with Crippen molar-refractivity contribution < 1.29 is 44.0 Å². The number of fused-ring (bicyclic) bond motifs is 3. The molecule has 1 fully saturated rings. The van der Waals surface area contributed by atoms with Gasteiger partial charge in [-0.15, -0.1) is 0 Å². The van der Waals surface area contributed by atoms with Crippen LogP contribution in [-0.4, -0.2) is 93.4 Å². The maximum atomic E-state index is 16.3. The number of primary amides is 1. The fourth-order valence-electron chi connectivity index (χ4n) is 6.29. The standard InChI is InChI=1S/C29H37FN4O8/c1-28(2,3)27(41)32-19-13(10-33(4)5)18(30)12-8-11-9-14-20(34(6)7)23(37)17(26(31)40)25(39)29(14,42)24(38)15(11)21(35)16(12)22(19)36/h11,14,20,35-36,39,42H,8-10H2,1-7H3,(H2,31,40)(H,32,41)/t11-,14-,20-,29-/m0/s1. The zero-order valence-corrected chi connectivity index (χ0v) is 24.6. The summed E-state index contributed by atoms with van der Waals surface area (Å²) in [5, 5.41) is 48.1. The van der Waals surface area contributed by atoms with Crippen LogP contribution in [0.4, 0.5) is 10.1 Å². The van der Waals surface area contributed by atoms with Gasteiger partial charge in [-0.1, -0.05) is 20.8 Å². The van der Waals surface area contributed by atoms with E-state index in [1.807, 2.05) is 0 Å². The Morgan fingerprint density at radius 3 is 2.21 bits per heavy atom. The third-order valence-corrected chi connectivity index (χ3v) is 8.31. The van der Waals surface area contributed by atoms with E-state index in [-0.39, 0.29) is 36.2 Å². The molecular formula is C29H37FN4O8. The highest BCUT2D eigenvalue weighted by Gasteiger charge is 2.64. The minimum Gasteiger partial charge on any atom is -0.508 e. The van der Waals surface area contributed by atoms with Crippen molar-refractivity contribution in [2.45, 2.75) is 51.8 Å². The number of hydrogen-bond donors (Lipinski definition) is 6. The van der Waals surface area contributed by atoms with Gasteiger partial charge in [-0.3, -0.25) is 24.1 Å². The van der Waals surface area contributed by atoms with E-state index in [4.69, 9.17) is 5.73 Å². The number of Topliss-reactive ketones (excluding diaryl/α,β-unsaturated/α-hetero) is 2. The predicted molar refractivity (Wildman–Crippen MR) is 150 cm³/mol. The largest absolute Gasteiger partial charge is 0.508 e. The molecule has 1 aromatic carbocycles. The summed E-state index contributed by atoms with van der Waals surface area (Å²) in [6, 6.07) is -1.25. The summed E-state index contributed by atoms with van der Waals surface area (Å²) in [5.74, 6) is -9.71. The normalized spacial score (nSPS) is 25.9. The summed E-state index contributed by atoms with van der Waals surface area (Å²) >= 11 is 0. The Morgan fingerprint density at radius 1 is 1.12 bits per heavy atom. The molecule has 0 heterocycles. The van der Waals surface area contributed by atoms with E-state index in [0.29, 0.717) is 0 Å². The minimum atomic E-state index is -2.81. The van der Waals surface area contributed by atoms with E-state index in [1.54, 1.807) is 39.8 Å². The molecule has 13 heteroatoms. The number of aliphatic hydroxyl groups excluding tert-OH is 2. The van der Waals surface area contributed by atoms with E-state index in [9.17, 15) is 39.6 Å². The molecule has 0 saturated heterocycles. The molecule has 0 bridgehead atoms. The van der Waals surface area contributed by atoms with Crippen LogP contribution in [0.5, 0.6) is 5.75 Å². The van der Waals surface area contributed by atoms with Crippen LogP contribution in [0.3, 0.4) is 0 Å². The number of phenols is 1. The molecular weight excluding hydrogens is 551 g/mol. The van der Waals surface area contributed by atoms with Gasteiger partial charge in [0, 0.05) is 34.6 Å². The maximum absolute atomic E-state index is 16.3. The number of halogens is 1. The van der Waals surface area contributed by atoms with Crippen molar-refractivity contribution in [2.75, 3.05) is 33.5 Å². The maximum Gasteiger partial charge on any atom is 0.255 e. The quantitative estimate of drug-likeness (QED) is 0.215. The van der Waals surface area contributed by atoms with Gasteiger partial charge in [0.2, 0.25) is 11.7 Å².